The zero-order chi connectivity index (χ0) is 14.7. The Hall–Kier alpha value is -2.93. The predicted octanol–water partition coefficient (Wildman–Crippen LogP) is 3.82. The molecular weight excluding hydrogens is 267 g/mol. The highest BCUT2D eigenvalue weighted by Gasteiger charge is 2.09. The molecule has 0 N–H and O–H groups in total. The largest absolute Gasteiger partial charge is 0.486 e. The minimum atomic E-state index is -0.582. The van der Waals surface area contributed by atoms with Crippen LogP contribution in [0.15, 0.2) is 54.6 Å². The number of rotatable bonds is 3. The normalized spacial score (nSPS) is 10.3. The SMILES string of the molecule is N#Cc1c(F)cccc1OCc1ccc2ccccc2n1. The van der Waals surface area contributed by atoms with E-state index in [1.165, 1.54) is 12.1 Å². The summed E-state index contributed by atoms with van der Waals surface area (Å²) in [6, 6.07) is 17.7. The van der Waals surface area contributed by atoms with E-state index in [2.05, 4.69) is 4.98 Å². The lowest BCUT2D eigenvalue weighted by molar-refractivity contribution is 0.299. The molecule has 1 aromatic heterocycles. The summed E-state index contributed by atoms with van der Waals surface area (Å²) in [4.78, 5) is 4.47. The summed E-state index contributed by atoms with van der Waals surface area (Å²) >= 11 is 0. The second-order valence-electron chi connectivity index (χ2n) is 4.51. The van der Waals surface area contributed by atoms with Gasteiger partial charge in [0.15, 0.2) is 0 Å². The van der Waals surface area contributed by atoms with Gasteiger partial charge >= 0.3 is 0 Å². The first-order valence-corrected chi connectivity index (χ1v) is 6.44. The first-order chi connectivity index (χ1) is 10.3. The smallest absolute Gasteiger partial charge is 0.144 e. The number of para-hydroxylation sites is 1. The van der Waals surface area contributed by atoms with E-state index in [4.69, 9.17) is 10.00 Å². The Bertz CT molecular complexity index is 840. The van der Waals surface area contributed by atoms with Crippen molar-refractivity contribution in [2.45, 2.75) is 6.61 Å². The molecule has 3 rings (SSSR count). The van der Waals surface area contributed by atoms with Gasteiger partial charge in [-0.1, -0.05) is 30.3 Å². The van der Waals surface area contributed by atoms with E-state index in [9.17, 15) is 4.39 Å². The van der Waals surface area contributed by atoms with E-state index >= 15 is 0 Å². The quantitative estimate of drug-likeness (QED) is 0.731. The van der Waals surface area contributed by atoms with Gasteiger partial charge in [-0.05, 0) is 24.3 Å². The van der Waals surface area contributed by atoms with E-state index in [0.717, 1.165) is 16.6 Å². The molecule has 1 heterocycles. The van der Waals surface area contributed by atoms with Crippen LogP contribution in [0.4, 0.5) is 4.39 Å². The molecule has 0 unspecified atom stereocenters. The van der Waals surface area contributed by atoms with Gasteiger partial charge in [0, 0.05) is 5.39 Å². The molecular formula is C17H11FN2O. The molecule has 0 aliphatic rings. The van der Waals surface area contributed by atoms with Crippen LogP contribution in [0.2, 0.25) is 0 Å². The Balaban J connectivity index is 1.84. The molecule has 0 aliphatic heterocycles. The topological polar surface area (TPSA) is 45.9 Å². The monoisotopic (exact) mass is 278 g/mol. The van der Waals surface area contributed by atoms with Gasteiger partial charge in [-0.15, -0.1) is 0 Å². The lowest BCUT2D eigenvalue weighted by atomic mass is 10.2. The van der Waals surface area contributed by atoms with Crippen molar-refractivity contribution in [3.05, 3.63) is 71.7 Å². The maximum Gasteiger partial charge on any atom is 0.144 e. The van der Waals surface area contributed by atoms with Crippen molar-refractivity contribution >= 4 is 10.9 Å². The maximum atomic E-state index is 13.5. The van der Waals surface area contributed by atoms with Gasteiger partial charge in [0.2, 0.25) is 0 Å². The van der Waals surface area contributed by atoms with Crippen LogP contribution in [0.25, 0.3) is 10.9 Å². The van der Waals surface area contributed by atoms with Gasteiger partial charge in [-0.3, -0.25) is 0 Å². The fourth-order valence-corrected chi connectivity index (χ4v) is 2.07. The maximum absolute atomic E-state index is 13.5. The summed E-state index contributed by atoms with van der Waals surface area (Å²) in [5.74, 6) is -0.353. The average Bonchev–Trinajstić information content (AvgIpc) is 2.52. The van der Waals surface area contributed by atoms with Gasteiger partial charge in [0.1, 0.15) is 29.8 Å². The summed E-state index contributed by atoms with van der Waals surface area (Å²) in [5, 5.41) is 10.00. The summed E-state index contributed by atoms with van der Waals surface area (Å²) < 4.78 is 19.0. The molecule has 102 valence electrons. The Labute approximate surface area is 121 Å². The Morgan fingerprint density at radius 3 is 2.76 bits per heavy atom. The summed E-state index contributed by atoms with van der Waals surface area (Å²) in [5.41, 5.74) is 1.51. The Kier molecular flexibility index (Phi) is 3.48. The Morgan fingerprint density at radius 1 is 1.05 bits per heavy atom. The van der Waals surface area contributed by atoms with Gasteiger partial charge in [0.05, 0.1) is 11.2 Å². The molecule has 3 aromatic rings. The third-order valence-corrected chi connectivity index (χ3v) is 3.12. The molecule has 0 bridgehead atoms. The lowest BCUT2D eigenvalue weighted by Gasteiger charge is -2.08. The van der Waals surface area contributed by atoms with Gasteiger partial charge in [-0.2, -0.15) is 5.26 Å². The number of hydrogen-bond acceptors (Lipinski definition) is 3. The van der Waals surface area contributed by atoms with Crippen molar-refractivity contribution in [3.63, 3.8) is 0 Å². The molecule has 0 saturated heterocycles. The number of hydrogen-bond donors (Lipinski definition) is 0. The van der Waals surface area contributed by atoms with E-state index in [-0.39, 0.29) is 17.9 Å². The van der Waals surface area contributed by atoms with Crippen molar-refractivity contribution in [1.29, 1.82) is 5.26 Å². The number of fused-ring (bicyclic) bond motifs is 1. The fourth-order valence-electron chi connectivity index (χ4n) is 2.07. The molecule has 0 fully saturated rings. The van der Waals surface area contributed by atoms with Crippen LogP contribution in [-0.4, -0.2) is 4.98 Å². The molecule has 0 radical (unpaired) electrons. The number of nitrogens with zero attached hydrogens (tertiary/aromatic N) is 2. The van der Waals surface area contributed by atoms with Crippen molar-refractivity contribution in [2.24, 2.45) is 0 Å². The predicted molar refractivity (Wildman–Crippen MR) is 77.2 cm³/mol. The van der Waals surface area contributed by atoms with Crippen molar-refractivity contribution < 1.29 is 9.13 Å². The molecule has 0 aliphatic carbocycles. The first-order valence-electron chi connectivity index (χ1n) is 6.44. The third-order valence-electron chi connectivity index (χ3n) is 3.12. The fraction of sp³-hybridized carbons (Fsp3) is 0.0588. The number of benzene rings is 2. The molecule has 0 atom stereocenters. The second kappa shape index (κ2) is 5.59. The molecule has 0 amide bonds. The minimum absolute atomic E-state index is 0.0849. The van der Waals surface area contributed by atoms with E-state index in [1.807, 2.05) is 42.5 Å². The summed E-state index contributed by atoms with van der Waals surface area (Å²) in [6.07, 6.45) is 0. The lowest BCUT2D eigenvalue weighted by Crippen LogP contribution is -2.00. The van der Waals surface area contributed by atoms with Gasteiger partial charge in [-0.25, -0.2) is 9.37 Å². The van der Waals surface area contributed by atoms with Gasteiger partial charge < -0.3 is 4.74 Å². The van der Waals surface area contributed by atoms with Crippen molar-refractivity contribution in [2.75, 3.05) is 0 Å². The number of aromatic nitrogens is 1. The van der Waals surface area contributed by atoms with Crippen LogP contribution in [0.5, 0.6) is 5.75 Å². The average molecular weight is 278 g/mol. The number of ether oxygens (including phenoxy) is 1. The van der Waals surface area contributed by atoms with Crippen LogP contribution < -0.4 is 4.74 Å². The van der Waals surface area contributed by atoms with Crippen molar-refractivity contribution in [1.82, 2.24) is 4.98 Å². The highest BCUT2D eigenvalue weighted by Crippen LogP contribution is 2.21. The summed E-state index contributed by atoms with van der Waals surface area (Å²) in [7, 11) is 0. The van der Waals surface area contributed by atoms with E-state index < -0.39 is 5.82 Å². The zero-order valence-corrected chi connectivity index (χ0v) is 11.1. The van der Waals surface area contributed by atoms with E-state index in [0.29, 0.717) is 0 Å². The van der Waals surface area contributed by atoms with Crippen LogP contribution in [-0.2, 0) is 6.61 Å². The molecule has 0 spiro atoms. The first kappa shape index (κ1) is 13.1. The third kappa shape index (κ3) is 2.67. The minimum Gasteiger partial charge on any atom is -0.486 e. The van der Waals surface area contributed by atoms with Crippen LogP contribution >= 0.6 is 0 Å². The Morgan fingerprint density at radius 2 is 1.90 bits per heavy atom. The molecule has 21 heavy (non-hydrogen) atoms. The van der Waals surface area contributed by atoms with E-state index in [1.54, 1.807) is 6.07 Å². The highest BCUT2D eigenvalue weighted by atomic mass is 19.1. The van der Waals surface area contributed by atoms with Crippen LogP contribution in [0.3, 0.4) is 0 Å². The highest BCUT2D eigenvalue weighted by molar-refractivity contribution is 5.78. The molecule has 0 saturated carbocycles. The number of halogens is 1. The van der Waals surface area contributed by atoms with Crippen molar-refractivity contribution in [3.8, 4) is 11.8 Å². The molecule has 2 aromatic carbocycles. The number of pyridine rings is 1. The molecule has 3 nitrogen and oxygen atoms in total. The number of nitriles is 1. The van der Waals surface area contributed by atoms with Crippen LogP contribution in [0, 0.1) is 17.1 Å². The van der Waals surface area contributed by atoms with Gasteiger partial charge in [0.25, 0.3) is 0 Å². The molecule has 4 heteroatoms. The second-order valence-corrected chi connectivity index (χ2v) is 4.51. The zero-order valence-electron chi connectivity index (χ0n) is 11.1. The standard InChI is InChI=1S/C17H11FN2O/c18-15-5-3-7-17(14(15)10-19)21-11-13-9-8-12-4-1-2-6-16(12)20-13/h1-9H,11H2. The van der Waals surface area contributed by atoms with Crippen LogP contribution in [0.1, 0.15) is 11.3 Å². The summed E-state index contributed by atoms with van der Waals surface area (Å²) in [6.45, 7) is 0.183.